The molecular weight excluding hydrogens is 233 g/mol. The van der Waals surface area contributed by atoms with Crippen LogP contribution in [0.2, 0.25) is 0 Å². The van der Waals surface area contributed by atoms with Crippen LogP contribution in [0.3, 0.4) is 0 Å². The van der Waals surface area contributed by atoms with E-state index < -0.39 is 6.36 Å². The van der Waals surface area contributed by atoms with Gasteiger partial charge in [0.1, 0.15) is 0 Å². The minimum absolute atomic E-state index is 0.278. The molecule has 1 unspecified atom stereocenters. The average molecular weight is 254 g/mol. The molecule has 0 bridgehead atoms. The van der Waals surface area contributed by atoms with Crippen LogP contribution in [-0.4, -0.2) is 50.1 Å². The van der Waals surface area contributed by atoms with E-state index in [1.165, 1.54) is 0 Å². The highest BCUT2D eigenvalue weighted by atomic mass is 19.4. The Morgan fingerprint density at radius 2 is 2.12 bits per heavy atom. The number of hydrogen-bond donors (Lipinski definition) is 1. The van der Waals surface area contributed by atoms with Crippen molar-refractivity contribution in [3.8, 4) is 0 Å². The molecule has 0 aromatic carbocycles. The highest BCUT2D eigenvalue weighted by molar-refractivity contribution is 4.78. The topological polar surface area (TPSA) is 24.5 Å². The van der Waals surface area contributed by atoms with Gasteiger partial charge in [-0.25, -0.2) is 0 Å². The molecule has 0 spiro atoms. The third-order valence-electron chi connectivity index (χ3n) is 2.94. The summed E-state index contributed by atoms with van der Waals surface area (Å²) in [4.78, 5) is 2.10. The Morgan fingerprint density at radius 1 is 1.35 bits per heavy atom. The lowest BCUT2D eigenvalue weighted by atomic mass is 10.1. The van der Waals surface area contributed by atoms with Gasteiger partial charge in [0, 0.05) is 19.1 Å². The zero-order chi connectivity index (χ0) is 12.7. The Labute approximate surface area is 100 Å². The number of hydrogen-bond acceptors (Lipinski definition) is 3. The van der Waals surface area contributed by atoms with Gasteiger partial charge in [-0.3, -0.25) is 9.64 Å². The van der Waals surface area contributed by atoms with E-state index in [0.29, 0.717) is 12.6 Å². The number of halogens is 3. The fourth-order valence-electron chi connectivity index (χ4n) is 2.19. The van der Waals surface area contributed by atoms with Gasteiger partial charge < -0.3 is 5.32 Å². The molecule has 0 radical (unpaired) electrons. The summed E-state index contributed by atoms with van der Waals surface area (Å²) in [6, 6.07) is 0.348. The van der Waals surface area contributed by atoms with Gasteiger partial charge in [-0.05, 0) is 32.4 Å². The van der Waals surface area contributed by atoms with Crippen molar-refractivity contribution in [3.63, 3.8) is 0 Å². The summed E-state index contributed by atoms with van der Waals surface area (Å²) in [6.07, 6.45) is -1.42. The Hall–Kier alpha value is -0.330. The summed E-state index contributed by atoms with van der Waals surface area (Å²) in [5.74, 6) is 0. The number of rotatable bonds is 6. The van der Waals surface area contributed by atoms with Crippen molar-refractivity contribution >= 4 is 0 Å². The molecule has 0 saturated carbocycles. The molecular formula is C11H21F3N2O. The zero-order valence-electron chi connectivity index (χ0n) is 10.2. The first-order valence-electron chi connectivity index (χ1n) is 6.18. The summed E-state index contributed by atoms with van der Waals surface area (Å²) in [7, 11) is 0. The summed E-state index contributed by atoms with van der Waals surface area (Å²) in [6.45, 7) is 4.81. The van der Waals surface area contributed by atoms with E-state index >= 15 is 0 Å². The van der Waals surface area contributed by atoms with Gasteiger partial charge >= 0.3 is 6.36 Å². The van der Waals surface area contributed by atoms with Crippen LogP contribution in [0.25, 0.3) is 0 Å². The molecule has 0 aromatic heterocycles. The van der Waals surface area contributed by atoms with E-state index in [1.807, 2.05) is 6.92 Å². The maximum atomic E-state index is 11.9. The number of ether oxygens (including phenoxy) is 1. The van der Waals surface area contributed by atoms with E-state index in [-0.39, 0.29) is 6.61 Å². The number of nitrogens with zero attached hydrogens (tertiary/aromatic N) is 1. The SMILES string of the molecule is CCCN(CCOC(F)(F)F)C1CCCNC1. The predicted molar refractivity (Wildman–Crippen MR) is 59.8 cm³/mol. The Balaban J connectivity index is 2.31. The van der Waals surface area contributed by atoms with Gasteiger partial charge in [0.05, 0.1) is 6.61 Å². The molecule has 1 aliphatic heterocycles. The molecule has 0 aromatic rings. The standard InChI is InChI=1S/C11H21F3N2O/c1-2-6-16(7-8-17-11(12,13)14)10-4-3-5-15-9-10/h10,15H,2-9H2,1H3. The minimum Gasteiger partial charge on any atom is -0.315 e. The summed E-state index contributed by atoms with van der Waals surface area (Å²) < 4.78 is 39.5. The quantitative estimate of drug-likeness (QED) is 0.784. The lowest BCUT2D eigenvalue weighted by Gasteiger charge is -2.34. The van der Waals surface area contributed by atoms with Crippen molar-refractivity contribution in [2.45, 2.75) is 38.6 Å². The van der Waals surface area contributed by atoms with E-state index in [9.17, 15) is 13.2 Å². The van der Waals surface area contributed by atoms with Gasteiger partial charge in [0.25, 0.3) is 0 Å². The molecule has 1 aliphatic rings. The van der Waals surface area contributed by atoms with Crippen LogP contribution in [0.4, 0.5) is 13.2 Å². The lowest BCUT2D eigenvalue weighted by Crippen LogP contribution is -2.47. The van der Waals surface area contributed by atoms with E-state index in [0.717, 1.165) is 38.9 Å². The fraction of sp³-hybridized carbons (Fsp3) is 1.00. The molecule has 3 nitrogen and oxygen atoms in total. The van der Waals surface area contributed by atoms with Crippen LogP contribution in [0.5, 0.6) is 0 Å². The second-order valence-corrected chi connectivity index (χ2v) is 4.33. The average Bonchev–Trinajstić information content (AvgIpc) is 2.27. The lowest BCUT2D eigenvalue weighted by molar-refractivity contribution is -0.325. The highest BCUT2D eigenvalue weighted by Gasteiger charge is 2.29. The van der Waals surface area contributed by atoms with Crippen LogP contribution in [0, 0.1) is 0 Å². The third kappa shape index (κ3) is 6.24. The maximum absolute atomic E-state index is 11.9. The van der Waals surface area contributed by atoms with Crippen LogP contribution in [-0.2, 0) is 4.74 Å². The summed E-state index contributed by atoms with van der Waals surface area (Å²) in [5, 5.41) is 3.28. The molecule has 17 heavy (non-hydrogen) atoms. The molecule has 1 fully saturated rings. The molecule has 0 aliphatic carbocycles. The zero-order valence-corrected chi connectivity index (χ0v) is 10.2. The van der Waals surface area contributed by atoms with E-state index in [4.69, 9.17) is 0 Å². The number of nitrogens with one attached hydrogen (secondary N) is 1. The summed E-state index contributed by atoms with van der Waals surface area (Å²) >= 11 is 0. The Bertz CT molecular complexity index is 205. The molecule has 1 heterocycles. The van der Waals surface area contributed by atoms with Crippen molar-refractivity contribution in [2.24, 2.45) is 0 Å². The molecule has 1 saturated heterocycles. The van der Waals surface area contributed by atoms with Crippen molar-refractivity contribution < 1.29 is 17.9 Å². The van der Waals surface area contributed by atoms with Crippen LogP contribution in [0.1, 0.15) is 26.2 Å². The van der Waals surface area contributed by atoms with Crippen LogP contribution < -0.4 is 5.32 Å². The number of alkyl halides is 3. The minimum atomic E-state index is -4.51. The molecule has 0 amide bonds. The number of piperidine rings is 1. The second kappa shape index (κ2) is 7.18. The first kappa shape index (κ1) is 14.7. The van der Waals surface area contributed by atoms with Gasteiger partial charge in [-0.15, -0.1) is 13.2 Å². The van der Waals surface area contributed by atoms with Crippen LogP contribution >= 0.6 is 0 Å². The van der Waals surface area contributed by atoms with Crippen molar-refractivity contribution in [1.29, 1.82) is 0 Å². The second-order valence-electron chi connectivity index (χ2n) is 4.33. The van der Waals surface area contributed by atoms with Gasteiger partial charge in [0.15, 0.2) is 0 Å². The van der Waals surface area contributed by atoms with Crippen LogP contribution in [0.15, 0.2) is 0 Å². The summed E-state index contributed by atoms with van der Waals surface area (Å²) in [5.41, 5.74) is 0. The first-order valence-corrected chi connectivity index (χ1v) is 6.18. The third-order valence-corrected chi connectivity index (χ3v) is 2.94. The molecule has 1 rings (SSSR count). The van der Waals surface area contributed by atoms with Gasteiger partial charge in [0.2, 0.25) is 0 Å². The predicted octanol–water partition coefficient (Wildman–Crippen LogP) is 1.99. The first-order chi connectivity index (χ1) is 8.03. The van der Waals surface area contributed by atoms with Crippen molar-refractivity contribution in [3.05, 3.63) is 0 Å². The van der Waals surface area contributed by atoms with Gasteiger partial charge in [-0.1, -0.05) is 6.92 Å². The Kier molecular flexibility index (Phi) is 6.22. The van der Waals surface area contributed by atoms with Crippen molar-refractivity contribution in [2.75, 3.05) is 32.8 Å². The smallest absolute Gasteiger partial charge is 0.315 e. The Morgan fingerprint density at radius 3 is 2.65 bits per heavy atom. The molecule has 6 heteroatoms. The van der Waals surface area contributed by atoms with Gasteiger partial charge in [-0.2, -0.15) is 0 Å². The van der Waals surface area contributed by atoms with E-state index in [1.54, 1.807) is 0 Å². The maximum Gasteiger partial charge on any atom is 0.522 e. The fourth-order valence-corrected chi connectivity index (χ4v) is 2.19. The van der Waals surface area contributed by atoms with Crippen molar-refractivity contribution in [1.82, 2.24) is 10.2 Å². The normalized spacial score (nSPS) is 22.1. The van der Waals surface area contributed by atoms with E-state index in [2.05, 4.69) is 15.0 Å². The highest BCUT2D eigenvalue weighted by Crippen LogP contribution is 2.17. The molecule has 1 N–H and O–H groups in total. The molecule has 1 atom stereocenters. The molecule has 102 valence electrons. The largest absolute Gasteiger partial charge is 0.522 e. The monoisotopic (exact) mass is 254 g/mol.